The van der Waals surface area contributed by atoms with Gasteiger partial charge in [0.15, 0.2) is 0 Å². The monoisotopic (exact) mass is 292 g/mol. The molecule has 15 heavy (non-hydrogen) atoms. The molecule has 1 aromatic rings. The lowest BCUT2D eigenvalue weighted by atomic mass is 10.2. The zero-order valence-corrected chi connectivity index (χ0v) is 11.0. The quantitative estimate of drug-likeness (QED) is 0.737. The van der Waals surface area contributed by atoms with Crippen LogP contribution in [-0.4, -0.2) is 19.5 Å². The number of halogens is 2. The summed E-state index contributed by atoms with van der Waals surface area (Å²) in [6.45, 7) is 0.792. The molecule has 0 saturated carbocycles. The zero-order chi connectivity index (χ0) is 11.1. The minimum atomic E-state index is -0.183. The molecule has 0 radical (unpaired) electrons. The molecule has 0 spiro atoms. The Morgan fingerprint density at radius 2 is 2.20 bits per heavy atom. The summed E-state index contributed by atoms with van der Waals surface area (Å²) in [6.07, 6.45) is 1.04. The van der Waals surface area contributed by atoms with Crippen molar-refractivity contribution >= 4 is 27.7 Å². The summed E-state index contributed by atoms with van der Waals surface area (Å²) in [6, 6.07) is 5.00. The van der Waals surface area contributed by atoms with E-state index in [1.165, 1.54) is 6.07 Å². The number of rotatable bonds is 6. The predicted octanol–water partition coefficient (Wildman–Crippen LogP) is 3.86. The number of hydrogen-bond acceptors (Lipinski definition) is 2. The van der Waals surface area contributed by atoms with Gasteiger partial charge < -0.3 is 4.74 Å². The van der Waals surface area contributed by atoms with Crippen molar-refractivity contribution in [3.8, 4) is 0 Å². The van der Waals surface area contributed by atoms with Gasteiger partial charge in [-0.25, -0.2) is 4.39 Å². The van der Waals surface area contributed by atoms with Crippen LogP contribution in [0.5, 0.6) is 0 Å². The highest BCUT2D eigenvalue weighted by Gasteiger charge is 1.99. The molecule has 0 unspecified atom stereocenters. The van der Waals surface area contributed by atoms with Gasteiger partial charge >= 0.3 is 0 Å². The molecule has 1 aromatic carbocycles. The van der Waals surface area contributed by atoms with E-state index in [-0.39, 0.29) is 5.82 Å². The lowest BCUT2D eigenvalue weighted by molar-refractivity contribution is 0.200. The smallest absolute Gasteiger partial charge is 0.124 e. The second kappa shape index (κ2) is 7.25. The molecule has 0 bridgehead atoms. The predicted molar refractivity (Wildman–Crippen MR) is 66.8 cm³/mol. The van der Waals surface area contributed by atoms with Gasteiger partial charge in [0.05, 0.1) is 0 Å². The largest absolute Gasteiger partial charge is 0.385 e. The van der Waals surface area contributed by atoms with Gasteiger partial charge in [0.2, 0.25) is 0 Å². The Kier molecular flexibility index (Phi) is 6.29. The maximum atomic E-state index is 13.0. The molecule has 1 rings (SSSR count). The van der Waals surface area contributed by atoms with Crippen molar-refractivity contribution in [3.05, 3.63) is 34.1 Å². The van der Waals surface area contributed by atoms with E-state index >= 15 is 0 Å². The molecule has 0 N–H and O–H groups in total. The van der Waals surface area contributed by atoms with Crippen molar-refractivity contribution in [2.75, 3.05) is 19.5 Å². The first-order valence-electron chi connectivity index (χ1n) is 4.74. The van der Waals surface area contributed by atoms with Crippen molar-refractivity contribution in [1.82, 2.24) is 0 Å². The van der Waals surface area contributed by atoms with Crippen LogP contribution < -0.4 is 0 Å². The molecule has 0 aliphatic rings. The summed E-state index contributed by atoms with van der Waals surface area (Å²) in [5.41, 5.74) is 1.02. The van der Waals surface area contributed by atoms with Crippen LogP contribution in [0.4, 0.5) is 4.39 Å². The van der Waals surface area contributed by atoms with E-state index in [1.54, 1.807) is 24.9 Å². The van der Waals surface area contributed by atoms with Gasteiger partial charge in [-0.05, 0) is 35.9 Å². The Bertz CT molecular complexity index is 286. The van der Waals surface area contributed by atoms with Crippen molar-refractivity contribution in [1.29, 1.82) is 0 Å². The second-order valence-corrected chi connectivity index (χ2v) is 5.20. The standard InChI is InChI=1S/C11H14BrFOS/c1-14-3-2-4-15-8-9-5-10(12)7-11(13)6-9/h5-7H,2-4,8H2,1H3. The third kappa shape index (κ3) is 5.54. The van der Waals surface area contributed by atoms with Crippen molar-refractivity contribution in [2.45, 2.75) is 12.2 Å². The fourth-order valence-electron chi connectivity index (χ4n) is 1.19. The molecule has 0 aromatic heterocycles. The summed E-state index contributed by atoms with van der Waals surface area (Å²) in [7, 11) is 1.70. The summed E-state index contributed by atoms with van der Waals surface area (Å²) in [5, 5.41) is 0. The van der Waals surface area contributed by atoms with Crippen LogP contribution in [-0.2, 0) is 10.5 Å². The Hall–Kier alpha value is -0.0600. The fraction of sp³-hybridized carbons (Fsp3) is 0.455. The molecule has 84 valence electrons. The summed E-state index contributed by atoms with van der Waals surface area (Å²) >= 11 is 5.07. The lowest BCUT2D eigenvalue weighted by Gasteiger charge is -2.03. The van der Waals surface area contributed by atoms with E-state index in [0.717, 1.165) is 34.6 Å². The first kappa shape index (κ1) is 13.0. The van der Waals surface area contributed by atoms with Gasteiger partial charge in [-0.2, -0.15) is 11.8 Å². The van der Waals surface area contributed by atoms with E-state index in [0.29, 0.717) is 0 Å². The highest BCUT2D eigenvalue weighted by molar-refractivity contribution is 9.10. The number of hydrogen-bond donors (Lipinski definition) is 0. The highest BCUT2D eigenvalue weighted by atomic mass is 79.9. The molecular weight excluding hydrogens is 279 g/mol. The van der Waals surface area contributed by atoms with Crippen LogP contribution in [0.3, 0.4) is 0 Å². The normalized spacial score (nSPS) is 10.6. The summed E-state index contributed by atoms with van der Waals surface area (Å²) in [4.78, 5) is 0. The van der Waals surface area contributed by atoms with Crippen LogP contribution >= 0.6 is 27.7 Å². The maximum Gasteiger partial charge on any atom is 0.124 e. The average Bonchev–Trinajstić information content (AvgIpc) is 2.16. The fourth-order valence-corrected chi connectivity index (χ4v) is 2.57. The van der Waals surface area contributed by atoms with Crippen LogP contribution in [0, 0.1) is 5.82 Å². The van der Waals surface area contributed by atoms with E-state index in [2.05, 4.69) is 15.9 Å². The van der Waals surface area contributed by atoms with Gasteiger partial charge in [0, 0.05) is 23.9 Å². The lowest BCUT2D eigenvalue weighted by Crippen LogP contribution is -1.91. The van der Waals surface area contributed by atoms with E-state index in [1.807, 2.05) is 6.07 Å². The van der Waals surface area contributed by atoms with Gasteiger partial charge in [0.1, 0.15) is 5.82 Å². The Balaban J connectivity index is 2.31. The third-order valence-electron chi connectivity index (χ3n) is 1.83. The van der Waals surface area contributed by atoms with Crippen molar-refractivity contribution < 1.29 is 9.13 Å². The molecule has 0 saturated heterocycles. The van der Waals surface area contributed by atoms with Gasteiger partial charge in [0.25, 0.3) is 0 Å². The third-order valence-corrected chi connectivity index (χ3v) is 3.40. The Morgan fingerprint density at radius 1 is 1.40 bits per heavy atom. The van der Waals surface area contributed by atoms with Crippen LogP contribution in [0.1, 0.15) is 12.0 Å². The minimum Gasteiger partial charge on any atom is -0.385 e. The van der Waals surface area contributed by atoms with Gasteiger partial charge in [-0.1, -0.05) is 15.9 Å². The SMILES string of the molecule is COCCCSCc1cc(F)cc(Br)c1. The summed E-state index contributed by atoms with van der Waals surface area (Å²) in [5.74, 6) is 1.71. The molecule has 0 aliphatic carbocycles. The first-order chi connectivity index (χ1) is 7.22. The molecule has 0 aliphatic heterocycles. The number of ether oxygens (including phenoxy) is 1. The first-order valence-corrected chi connectivity index (χ1v) is 6.69. The van der Waals surface area contributed by atoms with Crippen LogP contribution in [0.15, 0.2) is 22.7 Å². The molecular formula is C11H14BrFOS. The van der Waals surface area contributed by atoms with Crippen molar-refractivity contribution in [2.24, 2.45) is 0 Å². The Morgan fingerprint density at radius 3 is 2.87 bits per heavy atom. The number of thioether (sulfide) groups is 1. The van der Waals surface area contributed by atoms with Gasteiger partial charge in [-0.3, -0.25) is 0 Å². The molecule has 0 fully saturated rings. The molecule has 0 atom stereocenters. The van der Waals surface area contributed by atoms with Gasteiger partial charge in [-0.15, -0.1) is 0 Å². The van der Waals surface area contributed by atoms with Crippen LogP contribution in [0.2, 0.25) is 0 Å². The zero-order valence-electron chi connectivity index (χ0n) is 8.63. The number of benzene rings is 1. The number of methoxy groups -OCH3 is 1. The topological polar surface area (TPSA) is 9.23 Å². The van der Waals surface area contributed by atoms with Crippen LogP contribution in [0.25, 0.3) is 0 Å². The van der Waals surface area contributed by atoms with Crippen molar-refractivity contribution in [3.63, 3.8) is 0 Å². The highest BCUT2D eigenvalue weighted by Crippen LogP contribution is 2.19. The second-order valence-electron chi connectivity index (χ2n) is 3.18. The van der Waals surface area contributed by atoms with E-state index in [9.17, 15) is 4.39 Å². The molecule has 4 heteroatoms. The van der Waals surface area contributed by atoms with E-state index in [4.69, 9.17) is 4.74 Å². The average molecular weight is 293 g/mol. The molecule has 1 nitrogen and oxygen atoms in total. The Labute approximate surface area is 103 Å². The molecule has 0 amide bonds. The minimum absolute atomic E-state index is 0.183. The van der Waals surface area contributed by atoms with E-state index < -0.39 is 0 Å². The maximum absolute atomic E-state index is 13.0. The molecule has 0 heterocycles. The summed E-state index contributed by atoms with van der Waals surface area (Å²) < 4.78 is 18.8.